The second-order valence-corrected chi connectivity index (χ2v) is 5.55. The van der Waals surface area contributed by atoms with Gasteiger partial charge < -0.3 is 5.73 Å². The Labute approximate surface area is 117 Å². The first-order valence-corrected chi connectivity index (χ1v) is 6.95. The average molecular weight is 292 g/mol. The summed E-state index contributed by atoms with van der Waals surface area (Å²) in [5, 5.41) is 8.73. The van der Waals surface area contributed by atoms with Gasteiger partial charge in [-0.1, -0.05) is 12.1 Å². The standard InChI is InChI=1S/C14H10F2N2OS/c15-11-4-12(18)6-13(5-11)20(19)8-10-3-1-2-9(7-17)14(10)16/h1-6H,8,18H2. The van der Waals surface area contributed by atoms with Crippen LogP contribution in [-0.2, 0) is 16.6 Å². The Hall–Kier alpha value is -2.26. The highest BCUT2D eigenvalue weighted by Gasteiger charge is 2.13. The first-order valence-electron chi connectivity index (χ1n) is 5.63. The van der Waals surface area contributed by atoms with Gasteiger partial charge in [-0.3, -0.25) is 4.21 Å². The van der Waals surface area contributed by atoms with E-state index in [4.69, 9.17) is 11.0 Å². The van der Waals surface area contributed by atoms with Crippen molar-refractivity contribution >= 4 is 16.5 Å². The minimum Gasteiger partial charge on any atom is -0.399 e. The van der Waals surface area contributed by atoms with Gasteiger partial charge in [0.2, 0.25) is 0 Å². The van der Waals surface area contributed by atoms with Gasteiger partial charge in [0.1, 0.15) is 17.7 Å². The largest absolute Gasteiger partial charge is 0.399 e. The van der Waals surface area contributed by atoms with Gasteiger partial charge in [-0.05, 0) is 24.3 Å². The highest BCUT2D eigenvalue weighted by molar-refractivity contribution is 7.84. The van der Waals surface area contributed by atoms with Crippen molar-refractivity contribution in [3.63, 3.8) is 0 Å². The molecule has 2 rings (SSSR count). The fraction of sp³-hybridized carbons (Fsp3) is 0.0714. The number of hydrogen-bond acceptors (Lipinski definition) is 3. The lowest BCUT2D eigenvalue weighted by atomic mass is 10.1. The minimum atomic E-state index is -1.64. The monoisotopic (exact) mass is 292 g/mol. The highest BCUT2D eigenvalue weighted by atomic mass is 32.2. The van der Waals surface area contributed by atoms with E-state index in [1.807, 2.05) is 0 Å². The van der Waals surface area contributed by atoms with E-state index in [9.17, 15) is 13.0 Å². The van der Waals surface area contributed by atoms with Crippen molar-refractivity contribution < 1.29 is 13.0 Å². The van der Waals surface area contributed by atoms with Crippen LogP contribution < -0.4 is 5.73 Å². The van der Waals surface area contributed by atoms with E-state index in [0.29, 0.717) is 0 Å². The van der Waals surface area contributed by atoms with Gasteiger partial charge in [-0.2, -0.15) is 5.26 Å². The Balaban J connectivity index is 2.31. The Bertz CT molecular complexity index is 705. The number of anilines is 1. The van der Waals surface area contributed by atoms with Crippen LogP contribution in [0.3, 0.4) is 0 Å². The number of nitrogens with zero attached hydrogens (tertiary/aromatic N) is 1. The zero-order chi connectivity index (χ0) is 14.7. The van der Waals surface area contributed by atoms with E-state index in [2.05, 4.69) is 0 Å². The Morgan fingerprint density at radius 3 is 2.65 bits per heavy atom. The molecule has 0 saturated heterocycles. The molecule has 1 atom stereocenters. The molecule has 0 aliphatic heterocycles. The van der Waals surface area contributed by atoms with Crippen LogP contribution in [0.4, 0.5) is 14.5 Å². The van der Waals surface area contributed by atoms with Gasteiger partial charge in [-0.25, -0.2) is 8.78 Å². The number of nitriles is 1. The van der Waals surface area contributed by atoms with Gasteiger partial charge in [0.15, 0.2) is 0 Å². The maximum absolute atomic E-state index is 13.9. The first-order chi connectivity index (χ1) is 9.51. The number of halogens is 2. The van der Waals surface area contributed by atoms with Crippen molar-refractivity contribution in [3.8, 4) is 6.07 Å². The molecule has 6 heteroatoms. The van der Waals surface area contributed by atoms with Crippen LogP contribution in [0.25, 0.3) is 0 Å². The predicted octanol–water partition coefficient (Wildman–Crippen LogP) is 2.73. The van der Waals surface area contributed by atoms with Gasteiger partial charge in [-0.15, -0.1) is 0 Å². The van der Waals surface area contributed by atoms with E-state index < -0.39 is 22.4 Å². The molecule has 2 aromatic carbocycles. The molecule has 0 aromatic heterocycles. The molecule has 0 bridgehead atoms. The van der Waals surface area contributed by atoms with Crippen LogP contribution in [0.1, 0.15) is 11.1 Å². The zero-order valence-electron chi connectivity index (χ0n) is 10.3. The molecule has 0 fully saturated rings. The fourth-order valence-corrected chi connectivity index (χ4v) is 2.90. The molecule has 102 valence electrons. The number of rotatable bonds is 3. The van der Waals surface area contributed by atoms with Crippen molar-refractivity contribution in [2.75, 3.05) is 5.73 Å². The normalized spacial score (nSPS) is 11.8. The SMILES string of the molecule is N#Cc1cccc(CS(=O)c2cc(N)cc(F)c2)c1F. The van der Waals surface area contributed by atoms with Crippen molar-refractivity contribution in [2.45, 2.75) is 10.6 Å². The van der Waals surface area contributed by atoms with Crippen LogP contribution in [0.15, 0.2) is 41.3 Å². The van der Waals surface area contributed by atoms with Gasteiger partial charge in [0, 0.05) is 16.1 Å². The minimum absolute atomic E-state index is 0.113. The number of hydrogen-bond donors (Lipinski definition) is 1. The predicted molar refractivity (Wildman–Crippen MR) is 72.0 cm³/mol. The lowest BCUT2D eigenvalue weighted by Gasteiger charge is -2.06. The smallest absolute Gasteiger partial charge is 0.145 e. The molecule has 0 aliphatic carbocycles. The number of nitrogens with two attached hydrogens (primary N) is 1. The Morgan fingerprint density at radius 2 is 2.00 bits per heavy atom. The number of nitrogen functional groups attached to an aromatic ring is 1. The van der Waals surface area contributed by atoms with E-state index >= 15 is 0 Å². The van der Waals surface area contributed by atoms with Crippen molar-refractivity contribution in [1.29, 1.82) is 5.26 Å². The van der Waals surface area contributed by atoms with E-state index in [-0.39, 0.29) is 27.5 Å². The summed E-state index contributed by atoms with van der Waals surface area (Å²) in [6.45, 7) is 0. The molecule has 2 N–H and O–H groups in total. The number of benzene rings is 2. The van der Waals surface area contributed by atoms with Gasteiger partial charge >= 0.3 is 0 Å². The maximum atomic E-state index is 13.9. The summed E-state index contributed by atoms with van der Waals surface area (Å²) in [6, 6.07) is 9.58. The third-order valence-electron chi connectivity index (χ3n) is 2.64. The average Bonchev–Trinajstić information content (AvgIpc) is 2.40. The van der Waals surface area contributed by atoms with Crippen molar-refractivity contribution in [1.82, 2.24) is 0 Å². The molecule has 3 nitrogen and oxygen atoms in total. The molecule has 0 amide bonds. The maximum Gasteiger partial charge on any atom is 0.145 e. The third-order valence-corrected chi connectivity index (χ3v) is 3.98. The second-order valence-electron chi connectivity index (χ2n) is 4.10. The lowest BCUT2D eigenvalue weighted by Crippen LogP contribution is -2.02. The fourth-order valence-electron chi connectivity index (χ4n) is 1.72. The summed E-state index contributed by atoms with van der Waals surface area (Å²) in [6.07, 6.45) is 0. The summed E-state index contributed by atoms with van der Waals surface area (Å²) in [5.74, 6) is -1.45. The summed E-state index contributed by atoms with van der Waals surface area (Å²) in [7, 11) is -1.64. The molecule has 0 heterocycles. The summed E-state index contributed by atoms with van der Waals surface area (Å²) >= 11 is 0. The van der Waals surface area contributed by atoms with Crippen molar-refractivity contribution in [2.24, 2.45) is 0 Å². The Kier molecular flexibility index (Phi) is 4.11. The van der Waals surface area contributed by atoms with E-state index in [1.165, 1.54) is 24.3 Å². The molecule has 0 saturated carbocycles. The Morgan fingerprint density at radius 1 is 1.25 bits per heavy atom. The van der Waals surface area contributed by atoms with Crippen LogP contribution in [0.5, 0.6) is 0 Å². The summed E-state index contributed by atoms with van der Waals surface area (Å²) in [4.78, 5) is 0.185. The lowest BCUT2D eigenvalue weighted by molar-refractivity contribution is 0.611. The summed E-state index contributed by atoms with van der Waals surface area (Å²) in [5.41, 5.74) is 5.66. The molecular formula is C14H10F2N2OS. The first kappa shape index (κ1) is 14.2. The van der Waals surface area contributed by atoms with Crippen LogP contribution >= 0.6 is 0 Å². The molecule has 20 heavy (non-hydrogen) atoms. The molecule has 0 spiro atoms. The third kappa shape index (κ3) is 3.00. The zero-order valence-corrected chi connectivity index (χ0v) is 11.1. The molecule has 2 aromatic rings. The highest BCUT2D eigenvalue weighted by Crippen LogP contribution is 2.20. The quantitative estimate of drug-likeness (QED) is 0.884. The van der Waals surface area contributed by atoms with Crippen LogP contribution in [0, 0.1) is 23.0 Å². The van der Waals surface area contributed by atoms with Crippen molar-refractivity contribution in [3.05, 3.63) is 59.2 Å². The molecular weight excluding hydrogens is 282 g/mol. The van der Waals surface area contributed by atoms with E-state index in [0.717, 1.165) is 12.1 Å². The topological polar surface area (TPSA) is 66.9 Å². The van der Waals surface area contributed by atoms with Gasteiger partial charge in [0.05, 0.1) is 22.1 Å². The van der Waals surface area contributed by atoms with Gasteiger partial charge in [0.25, 0.3) is 0 Å². The summed E-state index contributed by atoms with van der Waals surface area (Å²) < 4.78 is 39.2. The molecule has 1 unspecified atom stereocenters. The molecule has 0 radical (unpaired) electrons. The van der Waals surface area contributed by atoms with Crippen LogP contribution in [-0.4, -0.2) is 4.21 Å². The van der Waals surface area contributed by atoms with Crippen LogP contribution in [0.2, 0.25) is 0 Å². The molecule has 0 aliphatic rings. The second kappa shape index (κ2) is 5.80. The van der Waals surface area contributed by atoms with E-state index in [1.54, 1.807) is 6.07 Å².